The molecule has 0 atom stereocenters. The maximum absolute atomic E-state index is 5.27. The first-order valence-electron chi connectivity index (χ1n) is 10.5. The van der Waals surface area contributed by atoms with Crippen molar-refractivity contribution in [1.29, 1.82) is 0 Å². The lowest BCUT2D eigenvalue weighted by atomic mass is 9.96. The molecule has 0 saturated carbocycles. The predicted molar refractivity (Wildman–Crippen MR) is 129 cm³/mol. The Balaban J connectivity index is 1.66. The number of fused-ring (bicyclic) bond motifs is 3. The molecule has 5 rings (SSSR count). The Bertz CT molecular complexity index is 1410. The lowest BCUT2D eigenvalue weighted by Gasteiger charge is -2.12. The van der Waals surface area contributed by atoms with E-state index in [1.54, 1.807) is 7.11 Å². The molecule has 0 saturated heterocycles. The second kappa shape index (κ2) is 7.51. The summed E-state index contributed by atoms with van der Waals surface area (Å²) in [5, 5.41) is 2.19. The highest BCUT2D eigenvalue weighted by molar-refractivity contribution is 6.04. The van der Waals surface area contributed by atoms with Crippen molar-refractivity contribution in [1.82, 2.24) is 9.97 Å². The summed E-state index contributed by atoms with van der Waals surface area (Å²) in [4.78, 5) is 9.90. The Morgan fingerprint density at radius 3 is 2.06 bits per heavy atom. The molecule has 3 aromatic carbocycles. The summed E-state index contributed by atoms with van der Waals surface area (Å²) in [5.41, 5.74) is 10.0. The van der Waals surface area contributed by atoms with Crippen molar-refractivity contribution in [3.63, 3.8) is 0 Å². The molecule has 3 heteroatoms. The van der Waals surface area contributed by atoms with Gasteiger partial charge in [-0.2, -0.15) is 0 Å². The normalized spacial score (nSPS) is 11.2. The molecular formula is C28H24N2O. The molecule has 0 aliphatic rings. The Morgan fingerprint density at radius 2 is 1.35 bits per heavy atom. The van der Waals surface area contributed by atoms with Crippen molar-refractivity contribution in [3.05, 3.63) is 89.6 Å². The number of nitrogens with zero attached hydrogens (tertiary/aromatic N) is 2. The van der Waals surface area contributed by atoms with E-state index < -0.39 is 0 Å². The van der Waals surface area contributed by atoms with Gasteiger partial charge >= 0.3 is 0 Å². The topological polar surface area (TPSA) is 35.0 Å². The number of hydrogen-bond acceptors (Lipinski definition) is 3. The molecule has 0 fully saturated rings. The standard InChI is InChI=1S/C28H24N2O/c1-17-13-18(2)26(19(3)14-17)25-12-9-21-5-6-22-15-23(16-29-27(22)28(21)30-25)20-7-10-24(31-4)11-8-20/h5-16H,1-4H3. The van der Waals surface area contributed by atoms with Crippen LogP contribution >= 0.6 is 0 Å². The summed E-state index contributed by atoms with van der Waals surface area (Å²) in [6.07, 6.45) is 1.93. The molecule has 0 aliphatic carbocycles. The molecule has 31 heavy (non-hydrogen) atoms. The fourth-order valence-electron chi connectivity index (χ4n) is 4.44. The van der Waals surface area contributed by atoms with Crippen LogP contribution in [0, 0.1) is 20.8 Å². The van der Waals surface area contributed by atoms with Gasteiger partial charge in [0, 0.05) is 28.1 Å². The van der Waals surface area contributed by atoms with Crippen LogP contribution in [0.5, 0.6) is 5.75 Å². The van der Waals surface area contributed by atoms with Gasteiger partial charge in [0.2, 0.25) is 0 Å². The lowest BCUT2D eigenvalue weighted by molar-refractivity contribution is 0.415. The average Bonchev–Trinajstić information content (AvgIpc) is 2.78. The molecule has 0 unspecified atom stereocenters. The molecule has 0 amide bonds. The van der Waals surface area contributed by atoms with Gasteiger partial charge in [0.25, 0.3) is 0 Å². The second-order valence-corrected chi connectivity index (χ2v) is 8.13. The zero-order valence-corrected chi connectivity index (χ0v) is 18.2. The van der Waals surface area contributed by atoms with Gasteiger partial charge < -0.3 is 4.74 Å². The van der Waals surface area contributed by atoms with Crippen molar-refractivity contribution in [2.75, 3.05) is 7.11 Å². The number of methoxy groups -OCH3 is 1. The van der Waals surface area contributed by atoms with Crippen molar-refractivity contribution >= 4 is 21.8 Å². The van der Waals surface area contributed by atoms with Gasteiger partial charge in [0.1, 0.15) is 5.75 Å². The molecule has 0 radical (unpaired) electrons. The van der Waals surface area contributed by atoms with Gasteiger partial charge in [-0.1, -0.05) is 48.0 Å². The highest BCUT2D eigenvalue weighted by Crippen LogP contribution is 2.32. The van der Waals surface area contributed by atoms with Crippen molar-refractivity contribution in [2.45, 2.75) is 20.8 Å². The molecule has 3 nitrogen and oxygen atoms in total. The van der Waals surface area contributed by atoms with Crippen molar-refractivity contribution in [2.24, 2.45) is 0 Å². The summed E-state index contributed by atoms with van der Waals surface area (Å²) >= 11 is 0. The molecule has 0 bridgehead atoms. The van der Waals surface area contributed by atoms with Gasteiger partial charge in [0.15, 0.2) is 0 Å². The van der Waals surface area contributed by atoms with Crippen LogP contribution in [0.2, 0.25) is 0 Å². The van der Waals surface area contributed by atoms with Gasteiger partial charge in [0.05, 0.1) is 23.8 Å². The molecule has 2 aromatic heterocycles. The van der Waals surface area contributed by atoms with Crippen LogP contribution in [0.3, 0.4) is 0 Å². The Hall–Kier alpha value is -3.72. The minimum Gasteiger partial charge on any atom is -0.497 e. The van der Waals surface area contributed by atoms with Crippen molar-refractivity contribution < 1.29 is 4.74 Å². The molecule has 0 N–H and O–H groups in total. The van der Waals surface area contributed by atoms with Gasteiger partial charge in [-0.25, -0.2) is 4.98 Å². The van der Waals surface area contributed by atoms with Crippen LogP contribution in [0.4, 0.5) is 0 Å². The van der Waals surface area contributed by atoms with Gasteiger partial charge in [-0.05, 0) is 61.7 Å². The summed E-state index contributed by atoms with van der Waals surface area (Å²) in [6.45, 7) is 6.45. The molecule has 5 aromatic rings. The van der Waals surface area contributed by atoms with Crippen LogP contribution in [0.25, 0.3) is 44.2 Å². The highest BCUT2D eigenvalue weighted by Gasteiger charge is 2.11. The fraction of sp³-hybridized carbons (Fsp3) is 0.143. The lowest BCUT2D eigenvalue weighted by Crippen LogP contribution is -1.94. The zero-order chi connectivity index (χ0) is 21.5. The maximum atomic E-state index is 5.27. The summed E-state index contributed by atoms with van der Waals surface area (Å²) in [6, 6.07) is 23.2. The number of aryl methyl sites for hydroxylation is 3. The monoisotopic (exact) mass is 404 g/mol. The first kappa shape index (κ1) is 19.3. The Morgan fingerprint density at radius 1 is 0.677 bits per heavy atom. The summed E-state index contributed by atoms with van der Waals surface area (Å²) in [5.74, 6) is 0.849. The molecule has 152 valence electrons. The fourth-order valence-corrected chi connectivity index (χ4v) is 4.44. The summed E-state index contributed by atoms with van der Waals surface area (Å²) < 4.78 is 5.27. The van der Waals surface area contributed by atoms with Gasteiger partial charge in [-0.15, -0.1) is 0 Å². The van der Waals surface area contributed by atoms with E-state index in [2.05, 4.69) is 75.4 Å². The molecular weight excluding hydrogens is 380 g/mol. The predicted octanol–water partition coefficient (Wildman–Crippen LogP) is 7.05. The number of ether oxygens (including phenoxy) is 1. The zero-order valence-electron chi connectivity index (χ0n) is 18.2. The third-order valence-electron chi connectivity index (χ3n) is 5.87. The Labute approximate surface area is 182 Å². The van der Waals surface area contributed by atoms with E-state index in [4.69, 9.17) is 14.7 Å². The number of rotatable bonds is 3. The molecule has 0 aliphatic heterocycles. The first-order chi connectivity index (χ1) is 15.0. The average molecular weight is 405 g/mol. The SMILES string of the molecule is COc1ccc(-c2cnc3c(ccc4ccc(-c5c(C)cc(C)cc5C)nc43)c2)cc1. The third-order valence-corrected chi connectivity index (χ3v) is 5.87. The van der Waals surface area contributed by atoms with E-state index in [1.807, 2.05) is 18.3 Å². The minimum atomic E-state index is 0.849. The van der Waals surface area contributed by atoms with E-state index in [9.17, 15) is 0 Å². The minimum absolute atomic E-state index is 0.849. The van der Waals surface area contributed by atoms with Crippen LogP contribution in [-0.2, 0) is 0 Å². The number of benzene rings is 3. The second-order valence-electron chi connectivity index (χ2n) is 8.13. The first-order valence-corrected chi connectivity index (χ1v) is 10.5. The smallest absolute Gasteiger partial charge is 0.118 e. The highest BCUT2D eigenvalue weighted by atomic mass is 16.5. The van der Waals surface area contributed by atoms with E-state index in [-0.39, 0.29) is 0 Å². The van der Waals surface area contributed by atoms with Crippen LogP contribution in [0.15, 0.2) is 72.9 Å². The van der Waals surface area contributed by atoms with Crippen LogP contribution < -0.4 is 4.74 Å². The third kappa shape index (κ3) is 3.42. The van der Waals surface area contributed by atoms with E-state index in [1.165, 1.54) is 22.3 Å². The van der Waals surface area contributed by atoms with Crippen LogP contribution in [0.1, 0.15) is 16.7 Å². The number of pyridine rings is 2. The van der Waals surface area contributed by atoms with E-state index in [0.29, 0.717) is 0 Å². The Kier molecular flexibility index (Phi) is 4.67. The maximum Gasteiger partial charge on any atom is 0.118 e. The molecule has 2 heterocycles. The van der Waals surface area contributed by atoms with E-state index >= 15 is 0 Å². The molecule has 0 spiro atoms. The van der Waals surface area contributed by atoms with Crippen molar-refractivity contribution in [3.8, 4) is 28.1 Å². The number of hydrogen-bond donors (Lipinski definition) is 0. The summed E-state index contributed by atoms with van der Waals surface area (Å²) in [7, 11) is 1.68. The number of aromatic nitrogens is 2. The van der Waals surface area contributed by atoms with Gasteiger partial charge in [-0.3, -0.25) is 4.98 Å². The van der Waals surface area contributed by atoms with Crippen LogP contribution in [-0.4, -0.2) is 17.1 Å². The quantitative estimate of drug-likeness (QED) is 0.302. The van der Waals surface area contributed by atoms with E-state index in [0.717, 1.165) is 44.4 Å². The largest absolute Gasteiger partial charge is 0.497 e.